The number of halogens is 1. The molecule has 2 heterocycles. The van der Waals surface area contributed by atoms with Crippen LogP contribution >= 0.6 is 11.6 Å². The van der Waals surface area contributed by atoms with Crippen LogP contribution in [0.5, 0.6) is 0 Å². The van der Waals surface area contributed by atoms with Gasteiger partial charge in [0.05, 0.1) is 19.5 Å². The molecule has 2 aromatic rings. The van der Waals surface area contributed by atoms with Crippen LogP contribution in [0.25, 0.3) is 11.5 Å². The number of ether oxygens (including phenoxy) is 2. The van der Waals surface area contributed by atoms with Gasteiger partial charge in [0.1, 0.15) is 11.8 Å². The number of anilines is 1. The number of rotatable bonds is 8. The summed E-state index contributed by atoms with van der Waals surface area (Å²) in [4.78, 5) is 10.5. The number of methoxy groups -OCH3 is 2. The van der Waals surface area contributed by atoms with Gasteiger partial charge >= 0.3 is 0 Å². The van der Waals surface area contributed by atoms with Crippen molar-refractivity contribution in [2.45, 2.75) is 0 Å². The highest BCUT2D eigenvalue weighted by atomic mass is 35.5. The monoisotopic (exact) mass is 336 g/mol. The lowest BCUT2D eigenvalue weighted by molar-refractivity contribution is 0.190. The van der Waals surface area contributed by atoms with Gasteiger partial charge in [0, 0.05) is 27.3 Å². The number of aromatic nitrogens is 2. The van der Waals surface area contributed by atoms with Gasteiger partial charge in [0.25, 0.3) is 0 Å². The van der Waals surface area contributed by atoms with Gasteiger partial charge in [0.2, 0.25) is 0 Å². The zero-order valence-corrected chi connectivity index (χ0v) is 13.7. The molecule has 2 aromatic heterocycles. The highest BCUT2D eigenvalue weighted by molar-refractivity contribution is 6.31. The first kappa shape index (κ1) is 17.2. The van der Waals surface area contributed by atoms with Crippen molar-refractivity contribution in [3.8, 4) is 17.5 Å². The molecule has 0 aromatic carbocycles. The minimum Gasteiger partial charge on any atom is -0.463 e. The molecule has 0 spiro atoms. The molecule has 122 valence electrons. The number of furan rings is 1. The van der Waals surface area contributed by atoms with Gasteiger partial charge in [0.15, 0.2) is 22.4 Å². The van der Waals surface area contributed by atoms with Crippen LogP contribution in [0.15, 0.2) is 22.8 Å². The molecular weight excluding hydrogens is 320 g/mol. The van der Waals surface area contributed by atoms with Crippen LogP contribution < -0.4 is 4.90 Å². The number of hydrogen-bond acceptors (Lipinski definition) is 7. The molecular formula is C15H17ClN4O3. The molecule has 7 nitrogen and oxygen atoms in total. The molecule has 0 aliphatic heterocycles. The van der Waals surface area contributed by atoms with Crippen LogP contribution in [0, 0.1) is 11.3 Å². The summed E-state index contributed by atoms with van der Waals surface area (Å²) in [6, 6.07) is 5.50. The maximum Gasteiger partial charge on any atom is 0.184 e. The summed E-state index contributed by atoms with van der Waals surface area (Å²) in [6.45, 7) is 2.05. The predicted octanol–water partition coefficient (Wildman–Crippen LogP) is 2.36. The van der Waals surface area contributed by atoms with Crippen LogP contribution in [0.4, 0.5) is 5.82 Å². The third-order valence-corrected chi connectivity index (χ3v) is 3.39. The number of hydrogen-bond donors (Lipinski definition) is 0. The minimum absolute atomic E-state index is 0.124. The van der Waals surface area contributed by atoms with Gasteiger partial charge < -0.3 is 18.8 Å². The van der Waals surface area contributed by atoms with Gasteiger partial charge in [-0.05, 0) is 12.1 Å². The quantitative estimate of drug-likeness (QED) is 0.731. The Balaban J connectivity index is 2.44. The second-order valence-corrected chi connectivity index (χ2v) is 4.96. The van der Waals surface area contributed by atoms with E-state index in [4.69, 9.17) is 25.5 Å². The molecule has 23 heavy (non-hydrogen) atoms. The van der Waals surface area contributed by atoms with Crippen molar-refractivity contribution in [1.29, 1.82) is 5.26 Å². The summed E-state index contributed by atoms with van der Waals surface area (Å²) in [5.74, 6) is 0.920. The van der Waals surface area contributed by atoms with Crippen molar-refractivity contribution in [1.82, 2.24) is 9.97 Å². The lowest BCUT2D eigenvalue weighted by atomic mass is 10.3. The van der Waals surface area contributed by atoms with E-state index in [2.05, 4.69) is 9.97 Å². The molecule has 0 atom stereocenters. The van der Waals surface area contributed by atoms with Crippen LogP contribution in [-0.4, -0.2) is 50.5 Å². The van der Waals surface area contributed by atoms with Crippen molar-refractivity contribution in [2.75, 3.05) is 45.4 Å². The first-order valence-electron chi connectivity index (χ1n) is 6.95. The summed E-state index contributed by atoms with van der Waals surface area (Å²) in [6.07, 6.45) is 1.53. The Labute approximate surface area is 139 Å². The lowest BCUT2D eigenvalue weighted by Crippen LogP contribution is -2.32. The topological polar surface area (TPSA) is 84.4 Å². The first-order valence-corrected chi connectivity index (χ1v) is 7.33. The maximum absolute atomic E-state index is 9.34. The average Bonchev–Trinajstić information content (AvgIpc) is 3.09. The van der Waals surface area contributed by atoms with E-state index in [1.54, 1.807) is 26.4 Å². The minimum atomic E-state index is 0.124. The molecule has 0 unspecified atom stereocenters. The SMILES string of the molecule is COCCN(CCOC)c1nc(-c2ccco2)c(Cl)nc1C#N. The van der Waals surface area contributed by atoms with Crippen molar-refractivity contribution >= 4 is 17.4 Å². The van der Waals surface area contributed by atoms with E-state index in [1.807, 2.05) is 11.0 Å². The van der Waals surface area contributed by atoms with Crippen LogP contribution in [-0.2, 0) is 9.47 Å². The van der Waals surface area contributed by atoms with Gasteiger partial charge in [-0.15, -0.1) is 0 Å². The first-order chi connectivity index (χ1) is 11.2. The highest BCUT2D eigenvalue weighted by Crippen LogP contribution is 2.29. The largest absolute Gasteiger partial charge is 0.463 e. The number of nitriles is 1. The Kier molecular flexibility index (Phi) is 6.35. The van der Waals surface area contributed by atoms with E-state index in [0.717, 1.165) is 0 Å². The Morgan fingerprint density at radius 1 is 1.26 bits per heavy atom. The Bertz CT molecular complexity index is 662. The summed E-state index contributed by atoms with van der Waals surface area (Å²) in [5, 5.41) is 9.46. The third kappa shape index (κ3) is 4.20. The molecule has 0 radical (unpaired) electrons. The van der Waals surface area contributed by atoms with Crippen LogP contribution in [0.3, 0.4) is 0 Å². The summed E-state index contributed by atoms with van der Waals surface area (Å²) in [7, 11) is 3.23. The second-order valence-electron chi connectivity index (χ2n) is 4.60. The standard InChI is InChI=1S/C15H17ClN4O3/c1-21-8-5-20(6-9-22-2)15-11(10-17)18-14(16)13(19-15)12-4-3-7-23-12/h3-4,7H,5-6,8-9H2,1-2H3. The van der Waals surface area contributed by atoms with Crippen molar-refractivity contribution in [2.24, 2.45) is 0 Å². The average molecular weight is 337 g/mol. The zero-order valence-electron chi connectivity index (χ0n) is 13.0. The van der Waals surface area contributed by atoms with Crippen molar-refractivity contribution in [3.05, 3.63) is 29.2 Å². The van der Waals surface area contributed by atoms with Gasteiger partial charge in [-0.1, -0.05) is 11.6 Å². The fourth-order valence-corrected chi connectivity index (χ4v) is 2.22. The Morgan fingerprint density at radius 3 is 2.48 bits per heavy atom. The molecule has 0 aliphatic rings. The fraction of sp³-hybridized carbons (Fsp3) is 0.400. The molecule has 0 amide bonds. The van der Waals surface area contributed by atoms with Crippen molar-refractivity contribution < 1.29 is 13.9 Å². The molecule has 8 heteroatoms. The van der Waals surface area contributed by atoms with E-state index in [-0.39, 0.29) is 10.8 Å². The zero-order chi connectivity index (χ0) is 16.7. The van der Waals surface area contributed by atoms with Gasteiger partial charge in [-0.3, -0.25) is 0 Å². The molecule has 0 N–H and O–H groups in total. The molecule has 0 aliphatic carbocycles. The maximum atomic E-state index is 9.34. The molecule has 2 rings (SSSR count). The van der Waals surface area contributed by atoms with E-state index < -0.39 is 0 Å². The third-order valence-electron chi connectivity index (χ3n) is 3.13. The van der Waals surface area contributed by atoms with Gasteiger partial charge in [-0.25, -0.2) is 9.97 Å². The Morgan fingerprint density at radius 2 is 1.96 bits per heavy atom. The van der Waals surface area contributed by atoms with Crippen LogP contribution in [0.1, 0.15) is 5.69 Å². The highest BCUT2D eigenvalue weighted by Gasteiger charge is 2.20. The van der Waals surface area contributed by atoms with E-state index >= 15 is 0 Å². The molecule has 0 fully saturated rings. The molecule has 0 saturated carbocycles. The molecule has 0 saturated heterocycles. The van der Waals surface area contributed by atoms with E-state index in [1.165, 1.54) is 6.26 Å². The van der Waals surface area contributed by atoms with E-state index in [0.29, 0.717) is 43.6 Å². The lowest BCUT2D eigenvalue weighted by Gasteiger charge is -2.24. The molecule has 0 bridgehead atoms. The Hall–Kier alpha value is -2.14. The summed E-state index contributed by atoms with van der Waals surface area (Å²) >= 11 is 6.13. The summed E-state index contributed by atoms with van der Waals surface area (Å²) < 4.78 is 15.6. The predicted molar refractivity (Wildman–Crippen MR) is 85.4 cm³/mol. The van der Waals surface area contributed by atoms with E-state index in [9.17, 15) is 5.26 Å². The number of nitrogens with zero attached hydrogens (tertiary/aromatic N) is 4. The second kappa shape index (κ2) is 8.48. The summed E-state index contributed by atoms with van der Waals surface area (Å²) in [5.41, 5.74) is 0.544. The van der Waals surface area contributed by atoms with Crippen LogP contribution in [0.2, 0.25) is 5.15 Å². The fourth-order valence-electron chi connectivity index (χ4n) is 2.00. The normalized spacial score (nSPS) is 10.5. The van der Waals surface area contributed by atoms with Crippen molar-refractivity contribution in [3.63, 3.8) is 0 Å². The smallest absolute Gasteiger partial charge is 0.184 e. The van der Waals surface area contributed by atoms with Gasteiger partial charge in [-0.2, -0.15) is 5.26 Å².